The van der Waals surface area contributed by atoms with Crippen LogP contribution in [-0.4, -0.2) is 26.2 Å². The summed E-state index contributed by atoms with van der Waals surface area (Å²) in [5.74, 6) is 1.85. The number of carbonyl (C=O) groups excluding carboxylic acids is 1. The molecule has 0 unspecified atom stereocenters. The molecule has 94 valence electrons. The number of H-pyrrole nitrogens is 1. The van der Waals surface area contributed by atoms with Crippen LogP contribution in [0.5, 0.6) is 0 Å². The number of hydrogen-bond donors (Lipinski definition) is 2. The molecule has 1 fully saturated rings. The van der Waals surface area contributed by atoms with E-state index in [1.807, 2.05) is 6.92 Å². The second-order valence-corrected chi connectivity index (χ2v) is 4.30. The number of nitrogens with one attached hydrogen (secondary N) is 2. The zero-order chi connectivity index (χ0) is 12.5. The number of aryl methyl sites for hydroxylation is 1. The van der Waals surface area contributed by atoms with Crippen LogP contribution < -0.4 is 5.32 Å². The van der Waals surface area contributed by atoms with Gasteiger partial charge < -0.3 is 4.52 Å². The number of aromatic nitrogens is 4. The first-order valence-corrected chi connectivity index (χ1v) is 5.95. The molecule has 2 aromatic rings. The Kier molecular flexibility index (Phi) is 2.58. The Morgan fingerprint density at radius 3 is 3.11 bits per heavy atom. The molecule has 3 rings (SSSR count). The maximum atomic E-state index is 11.8. The summed E-state index contributed by atoms with van der Waals surface area (Å²) in [5, 5.41) is 12.9. The van der Waals surface area contributed by atoms with E-state index in [2.05, 4.69) is 25.7 Å². The molecule has 7 nitrogen and oxygen atoms in total. The zero-order valence-corrected chi connectivity index (χ0v) is 9.93. The fourth-order valence-electron chi connectivity index (χ4n) is 1.63. The van der Waals surface area contributed by atoms with Gasteiger partial charge in [0.05, 0.1) is 0 Å². The van der Waals surface area contributed by atoms with Crippen molar-refractivity contribution in [1.82, 2.24) is 20.3 Å². The van der Waals surface area contributed by atoms with Gasteiger partial charge in [-0.2, -0.15) is 4.98 Å². The topological polar surface area (TPSA) is 96.7 Å². The van der Waals surface area contributed by atoms with Gasteiger partial charge >= 0.3 is 0 Å². The lowest BCUT2D eigenvalue weighted by molar-refractivity contribution is 0.101. The first-order valence-electron chi connectivity index (χ1n) is 5.95. The number of rotatable bonds is 4. The van der Waals surface area contributed by atoms with Crippen molar-refractivity contribution in [3.63, 3.8) is 0 Å². The summed E-state index contributed by atoms with van der Waals surface area (Å²) in [6.07, 6.45) is 2.95. The molecule has 0 aliphatic heterocycles. The molecule has 2 heterocycles. The molecule has 0 saturated heterocycles. The molecule has 1 saturated carbocycles. The number of nitrogens with zero attached hydrogens (tertiary/aromatic N) is 3. The highest BCUT2D eigenvalue weighted by atomic mass is 16.5. The van der Waals surface area contributed by atoms with Gasteiger partial charge in [0.1, 0.15) is 11.6 Å². The first kappa shape index (κ1) is 10.9. The van der Waals surface area contributed by atoms with Crippen molar-refractivity contribution in [3.8, 4) is 0 Å². The molecule has 2 aromatic heterocycles. The summed E-state index contributed by atoms with van der Waals surface area (Å²) in [6, 6.07) is 1.68. The maximum Gasteiger partial charge on any atom is 0.280 e. The van der Waals surface area contributed by atoms with E-state index in [-0.39, 0.29) is 17.5 Å². The van der Waals surface area contributed by atoms with Crippen molar-refractivity contribution in [2.75, 3.05) is 5.32 Å². The molecule has 2 N–H and O–H groups in total. The normalized spacial score (nSPS) is 14.7. The summed E-state index contributed by atoms with van der Waals surface area (Å²) < 4.78 is 5.11. The first-order chi connectivity index (χ1) is 8.76. The number of anilines is 1. The minimum absolute atomic E-state index is 0.257. The summed E-state index contributed by atoms with van der Waals surface area (Å²) in [6.45, 7) is 1.95. The van der Waals surface area contributed by atoms with Gasteiger partial charge in [0, 0.05) is 18.4 Å². The summed E-state index contributed by atoms with van der Waals surface area (Å²) in [4.78, 5) is 15.9. The van der Waals surface area contributed by atoms with E-state index in [0.29, 0.717) is 5.92 Å². The van der Waals surface area contributed by atoms with Crippen molar-refractivity contribution >= 4 is 11.9 Å². The van der Waals surface area contributed by atoms with Crippen molar-refractivity contribution < 1.29 is 9.32 Å². The van der Waals surface area contributed by atoms with Gasteiger partial charge in [-0.3, -0.25) is 15.2 Å². The van der Waals surface area contributed by atoms with E-state index in [4.69, 9.17) is 4.52 Å². The summed E-state index contributed by atoms with van der Waals surface area (Å²) in [7, 11) is 0. The lowest BCUT2D eigenvalue weighted by Gasteiger charge is -1.94. The predicted molar refractivity (Wildman–Crippen MR) is 62.2 cm³/mol. The van der Waals surface area contributed by atoms with Gasteiger partial charge in [-0.05, 0) is 12.8 Å². The number of carbonyl (C=O) groups is 1. The van der Waals surface area contributed by atoms with Gasteiger partial charge in [0.15, 0.2) is 5.69 Å². The van der Waals surface area contributed by atoms with Crippen LogP contribution in [0.4, 0.5) is 5.95 Å². The fourth-order valence-corrected chi connectivity index (χ4v) is 1.63. The molecule has 0 atom stereocenters. The Bertz CT molecular complexity index is 570. The molecule has 0 spiro atoms. The molecular formula is C11H13N5O2. The van der Waals surface area contributed by atoms with Gasteiger partial charge in [0.2, 0.25) is 5.95 Å². The molecule has 1 aliphatic carbocycles. The van der Waals surface area contributed by atoms with Crippen LogP contribution in [0.25, 0.3) is 0 Å². The highest BCUT2D eigenvalue weighted by Crippen LogP contribution is 2.40. The Hall–Kier alpha value is -2.18. The average Bonchev–Trinajstić information content (AvgIpc) is 2.93. The van der Waals surface area contributed by atoms with Gasteiger partial charge in [0.25, 0.3) is 5.91 Å². The zero-order valence-electron chi connectivity index (χ0n) is 9.93. The lowest BCUT2D eigenvalue weighted by Crippen LogP contribution is -2.13. The van der Waals surface area contributed by atoms with Crippen LogP contribution in [0, 0.1) is 0 Å². The third-order valence-electron chi connectivity index (χ3n) is 2.83. The third-order valence-corrected chi connectivity index (χ3v) is 2.83. The van der Waals surface area contributed by atoms with Crippen LogP contribution in [0.1, 0.15) is 47.8 Å². The van der Waals surface area contributed by atoms with E-state index in [1.165, 1.54) is 0 Å². The van der Waals surface area contributed by atoms with Crippen LogP contribution >= 0.6 is 0 Å². The minimum Gasteiger partial charge on any atom is -0.360 e. The molecular weight excluding hydrogens is 234 g/mol. The van der Waals surface area contributed by atoms with Crippen LogP contribution in [0.3, 0.4) is 0 Å². The number of hydrogen-bond acceptors (Lipinski definition) is 5. The fraction of sp³-hybridized carbons (Fsp3) is 0.455. The van der Waals surface area contributed by atoms with Gasteiger partial charge in [-0.15, -0.1) is 5.10 Å². The standard InChI is InChI=1S/C11H13N5O2/c1-2-9-12-11(15-14-9)13-10(17)7-5-8(18-16-7)6-3-4-6/h5-6H,2-4H2,1H3,(H2,12,13,14,15,17). The van der Waals surface area contributed by atoms with Gasteiger partial charge in [-0.25, -0.2) is 0 Å². The molecule has 1 aliphatic rings. The lowest BCUT2D eigenvalue weighted by atomic mass is 10.3. The third kappa shape index (κ3) is 2.11. The van der Waals surface area contributed by atoms with E-state index in [0.717, 1.165) is 30.8 Å². The van der Waals surface area contributed by atoms with E-state index < -0.39 is 0 Å². The second kappa shape index (κ2) is 4.25. The Labute approximate surface area is 103 Å². The van der Waals surface area contributed by atoms with E-state index in [1.54, 1.807) is 6.07 Å². The number of amides is 1. The highest BCUT2D eigenvalue weighted by Gasteiger charge is 2.29. The van der Waals surface area contributed by atoms with Crippen molar-refractivity contribution in [1.29, 1.82) is 0 Å². The quantitative estimate of drug-likeness (QED) is 0.853. The largest absolute Gasteiger partial charge is 0.360 e. The van der Waals surface area contributed by atoms with Crippen LogP contribution in [0.2, 0.25) is 0 Å². The highest BCUT2D eigenvalue weighted by molar-refractivity contribution is 6.01. The number of aromatic amines is 1. The second-order valence-electron chi connectivity index (χ2n) is 4.30. The summed E-state index contributed by atoms with van der Waals surface area (Å²) >= 11 is 0. The van der Waals surface area contributed by atoms with E-state index >= 15 is 0 Å². The predicted octanol–water partition coefficient (Wildman–Crippen LogP) is 1.48. The molecule has 18 heavy (non-hydrogen) atoms. The molecule has 0 aromatic carbocycles. The van der Waals surface area contributed by atoms with Crippen LogP contribution in [0.15, 0.2) is 10.6 Å². The minimum atomic E-state index is -0.354. The van der Waals surface area contributed by atoms with Crippen molar-refractivity contribution in [2.45, 2.75) is 32.1 Å². The average molecular weight is 247 g/mol. The molecule has 0 bridgehead atoms. The smallest absolute Gasteiger partial charge is 0.280 e. The van der Waals surface area contributed by atoms with Crippen LogP contribution in [-0.2, 0) is 6.42 Å². The molecule has 7 heteroatoms. The SMILES string of the molecule is CCc1nc(NC(=O)c2cc(C3CC3)on2)n[nH]1. The Balaban J connectivity index is 1.69. The molecule has 1 amide bonds. The Morgan fingerprint density at radius 2 is 2.44 bits per heavy atom. The van der Waals surface area contributed by atoms with Gasteiger partial charge in [-0.1, -0.05) is 12.1 Å². The maximum absolute atomic E-state index is 11.8. The van der Waals surface area contributed by atoms with Crippen molar-refractivity contribution in [2.24, 2.45) is 0 Å². The molecule has 0 radical (unpaired) electrons. The van der Waals surface area contributed by atoms with E-state index in [9.17, 15) is 4.79 Å². The summed E-state index contributed by atoms with van der Waals surface area (Å²) in [5.41, 5.74) is 0.264. The Morgan fingerprint density at radius 1 is 1.61 bits per heavy atom. The van der Waals surface area contributed by atoms with Crippen molar-refractivity contribution in [3.05, 3.63) is 23.3 Å². The monoisotopic (exact) mass is 247 g/mol.